The standard InChI is InChI=1S/C19H22N2O3S/c1-21(2)25(23,24)16-12-10-15(11-13-16)19(22)20-18-9-5-7-14-6-3-4-8-17(14)18/h3-4,6,8,10-13,18H,5,7,9H2,1-2H3,(H,20,22)/t18-/m1/s1. The van der Waals surface area contributed by atoms with Gasteiger partial charge in [0.15, 0.2) is 0 Å². The first-order valence-electron chi connectivity index (χ1n) is 8.31. The molecule has 1 aliphatic carbocycles. The van der Waals surface area contributed by atoms with Gasteiger partial charge >= 0.3 is 0 Å². The zero-order valence-corrected chi connectivity index (χ0v) is 15.2. The van der Waals surface area contributed by atoms with Crippen molar-refractivity contribution in [2.75, 3.05) is 14.1 Å². The lowest BCUT2D eigenvalue weighted by molar-refractivity contribution is 0.0932. The van der Waals surface area contributed by atoms with Gasteiger partial charge < -0.3 is 5.32 Å². The van der Waals surface area contributed by atoms with Crippen LogP contribution in [0.25, 0.3) is 0 Å². The summed E-state index contributed by atoms with van der Waals surface area (Å²) in [5, 5.41) is 3.07. The molecule has 0 aliphatic heterocycles. The van der Waals surface area contributed by atoms with Gasteiger partial charge in [-0.25, -0.2) is 12.7 Å². The molecule has 132 valence electrons. The summed E-state index contributed by atoms with van der Waals surface area (Å²) in [6, 6.07) is 14.2. The quantitative estimate of drug-likeness (QED) is 0.914. The number of rotatable bonds is 4. The molecule has 0 aromatic heterocycles. The summed E-state index contributed by atoms with van der Waals surface area (Å²) in [6.45, 7) is 0. The number of amides is 1. The summed E-state index contributed by atoms with van der Waals surface area (Å²) in [7, 11) is -0.520. The van der Waals surface area contributed by atoms with Crippen molar-refractivity contribution in [3.63, 3.8) is 0 Å². The van der Waals surface area contributed by atoms with Gasteiger partial charge in [0.1, 0.15) is 0 Å². The minimum atomic E-state index is -3.48. The first-order valence-corrected chi connectivity index (χ1v) is 9.75. The highest BCUT2D eigenvalue weighted by atomic mass is 32.2. The van der Waals surface area contributed by atoms with E-state index in [4.69, 9.17) is 0 Å². The van der Waals surface area contributed by atoms with E-state index in [0.29, 0.717) is 5.56 Å². The van der Waals surface area contributed by atoms with Gasteiger partial charge in [0.05, 0.1) is 10.9 Å². The fraction of sp³-hybridized carbons (Fsp3) is 0.316. The van der Waals surface area contributed by atoms with Crippen LogP contribution in [0, 0.1) is 0 Å². The third-order valence-electron chi connectivity index (χ3n) is 4.57. The molecule has 3 rings (SSSR count). The number of hydrogen-bond donors (Lipinski definition) is 1. The number of aryl methyl sites for hydroxylation is 1. The fourth-order valence-electron chi connectivity index (χ4n) is 3.13. The zero-order valence-electron chi connectivity index (χ0n) is 14.4. The first-order chi connectivity index (χ1) is 11.9. The molecular weight excluding hydrogens is 336 g/mol. The van der Waals surface area contributed by atoms with E-state index in [2.05, 4.69) is 17.4 Å². The van der Waals surface area contributed by atoms with Crippen molar-refractivity contribution in [2.45, 2.75) is 30.2 Å². The van der Waals surface area contributed by atoms with E-state index < -0.39 is 10.0 Å². The SMILES string of the molecule is CN(C)S(=O)(=O)c1ccc(C(=O)N[C@@H]2CCCc3ccccc32)cc1. The van der Waals surface area contributed by atoms with E-state index in [0.717, 1.165) is 23.6 Å². The Kier molecular flexibility index (Phi) is 4.92. The van der Waals surface area contributed by atoms with Gasteiger partial charge in [0.2, 0.25) is 10.0 Å². The summed E-state index contributed by atoms with van der Waals surface area (Å²) >= 11 is 0. The van der Waals surface area contributed by atoms with Crippen LogP contribution < -0.4 is 5.32 Å². The second-order valence-electron chi connectivity index (χ2n) is 6.43. The topological polar surface area (TPSA) is 66.5 Å². The van der Waals surface area contributed by atoms with Gasteiger partial charge in [-0.1, -0.05) is 24.3 Å². The minimum absolute atomic E-state index is 0.00244. The molecule has 1 aliphatic rings. The highest BCUT2D eigenvalue weighted by Gasteiger charge is 2.22. The molecule has 25 heavy (non-hydrogen) atoms. The van der Waals surface area contributed by atoms with Crippen LogP contribution in [-0.2, 0) is 16.4 Å². The van der Waals surface area contributed by atoms with Crippen molar-refractivity contribution >= 4 is 15.9 Å². The Morgan fingerprint density at radius 3 is 2.44 bits per heavy atom. The number of benzene rings is 2. The van der Waals surface area contributed by atoms with Gasteiger partial charge in [-0.15, -0.1) is 0 Å². The first kappa shape index (κ1) is 17.6. The molecule has 0 radical (unpaired) electrons. The van der Waals surface area contributed by atoms with Crippen LogP contribution in [-0.4, -0.2) is 32.7 Å². The van der Waals surface area contributed by atoms with Crippen LogP contribution in [0.2, 0.25) is 0 Å². The van der Waals surface area contributed by atoms with E-state index >= 15 is 0 Å². The lowest BCUT2D eigenvalue weighted by Crippen LogP contribution is -2.31. The van der Waals surface area contributed by atoms with Crippen LogP contribution in [0.15, 0.2) is 53.4 Å². The molecular formula is C19H22N2O3S. The minimum Gasteiger partial charge on any atom is -0.345 e. The van der Waals surface area contributed by atoms with Crippen molar-refractivity contribution in [2.24, 2.45) is 0 Å². The smallest absolute Gasteiger partial charge is 0.251 e. The van der Waals surface area contributed by atoms with Gasteiger partial charge in [-0.2, -0.15) is 0 Å². The summed E-state index contributed by atoms with van der Waals surface area (Å²) in [6.07, 6.45) is 3.00. The van der Waals surface area contributed by atoms with E-state index in [1.165, 1.54) is 37.4 Å². The summed E-state index contributed by atoms with van der Waals surface area (Å²) in [4.78, 5) is 12.7. The molecule has 6 heteroatoms. The number of carbonyl (C=O) groups is 1. The second kappa shape index (κ2) is 6.98. The van der Waals surface area contributed by atoms with Crippen molar-refractivity contribution in [3.05, 3.63) is 65.2 Å². The Labute approximate surface area is 148 Å². The van der Waals surface area contributed by atoms with Crippen LogP contribution in [0.1, 0.15) is 40.4 Å². The van der Waals surface area contributed by atoms with E-state index in [1.807, 2.05) is 12.1 Å². The number of fused-ring (bicyclic) bond motifs is 1. The van der Waals surface area contributed by atoms with Crippen molar-refractivity contribution in [1.29, 1.82) is 0 Å². The zero-order chi connectivity index (χ0) is 18.0. The molecule has 0 spiro atoms. The van der Waals surface area contributed by atoms with Crippen LogP contribution >= 0.6 is 0 Å². The maximum atomic E-state index is 12.5. The van der Waals surface area contributed by atoms with E-state index in [9.17, 15) is 13.2 Å². The van der Waals surface area contributed by atoms with Gasteiger partial charge in [-0.3, -0.25) is 4.79 Å². The highest BCUT2D eigenvalue weighted by Crippen LogP contribution is 2.29. The number of nitrogens with zero attached hydrogens (tertiary/aromatic N) is 1. The molecule has 0 fully saturated rings. The molecule has 0 heterocycles. The second-order valence-corrected chi connectivity index (χ2v) is 8.58. The average molecular weight is 358 g/mol. The summed E-state index contributed by atoms with van der Waals surface area (Å²) < 4.78 is 25.3. The van der Waals surface area contributed by atoms with Gasteiger partial charge in [0.25, 0.3) is 5.91 Å². The Morgan fingerprint density at radius 2 is 1.76 bits per heavy atom. The van der Waals surface area contributed by atoms with Crippen LogP contribution in [0.5, 0.6) is 0 Å². The molecule has 5 nitrogen and oxygen atoms in total. The number of nitrogens with one attached hydrogen (secondary N) is 1. The van der Waals surface area contributed by atoms with E-state index in [-0.39, 0.29) is 16.8 Å². The predicted octanol–water partition coefficient (Wildman–Crippen LogP) is 2.74. The Balaban J connectivity index is 1.77. The lowest BCUT2D eigenvalue weighted by Gasteiger charge is -2.26. The van der Waals surface area contributed by atoms with Crippen molar-refractivity contribution in [1.82, 2.24) is 9.62 Å². The van der Waals surface area contributed by atoms with Crippen molar-refractivity contribution in [3.8, 4) is 0 Å². The fourth-order valence-corrected chi connectivity index (χ4v) is 4.04. The molecule has 1 amide bonds. The molecule has 0 saturated carbocycles. The molecule has 1 atom stereocenters. The number of carbonyl (C=O) groups excluding carboxylic acids is 1. The Hall–Kier alpha value is -2.18. The Bertz CT molecular complexity index is 874. The third kappa shape index (κ3) is 3.60. The summed E-state index contributed by atoms with van der Waals surface area (Å²) in [5.41, 5.74) is 2.92. The number of sulfonamides is 1. The third-order valence-corrected chi connectivity index (χ3v) is 6.40. The maximum absolute atomic E-state index is 12.5. The largest absolute Gasteiger partial charge is 0.345 e. The molecule has 0 bridgehead atoms. The van der Waals surface area contributed by atoms with Crippen LogP contribution in [0.4, 0.5) is 0 Å². The van der Waals surface area contributed by atoms with Crippen molar-refractivity contribution < 1.29 is 13.2 Å². The normalized spacial score (nSPS) is 17.2. The summed E-state index contributed by atoms with van der Waals surface area (Å²) in [5.74, 6) is -0.185. The lowest BCUT2D eigenvalue weighted by atomic mass is 9.87. The number of hydrogen-bond acceptors (Lipinski definition) is 3. The van der Waals surface area contributed by atoms with Gasteiger partial charge in [-0.05, 0) is 54.7 Å². The average Bonchev–Trinajstić information content (AvgIpc) is 2.62. The predicted molar refractivity (Wildman–Crippen MR) is 96.9 cm³/mol. The molecule has 0 unspecified atom stereocenters. The maximum Gasteiger partial charge on any atom is 0.251 e. The highest BCUT2D eigenvalue weighted by molar-refractivity contribution is 7.89. The van der Waals surface area contributed by atoms with Gasteiger partial charge in [0, 0.05) is 19.7 Å². The molecule has 1 N–H and O–H groups in total. The van der Waals surface area contributed by atoms with E-state index in [1.54, 1.807) is 12.1 Å². The molecule has 0 saturated heterocycles. The monoisotopic (exact) mass is 358 g/mol. The van der Waals surface area contributed by atoms with Crippen LogP contribution in [0.3, 0.4) is 0 Å². The molecule has 2 aromatic rings. The molecule has 2 aromatic carbocycles. The Morgan fingerprint density at radius 1 is 1.08 bits per heavy atom.